The number of aliphatic hydroxyl groups excluding tert-OH is 1. The zero-order chi connectivity index (χ0) is 11.1. The average Bonchev–Trinajstić information content (AvgIpc) is 2.26. The summed E-state index contributed by atoms with van der Waals surface area (Å²) in [7, 11) is 0. The van der Waals surface area contributed by atoms with Crippen LogP contribution in [0.4, 0.5) is 11.4 Å². The first kappa shape index (κ1) is 11.9. The Morgan fingerprint density at radius 1 is 1.33 bits per heavy atom. The average molecular weight is 208 g/mol. The van der Waals surface area contributed by atoms with Crippen LogP contribution in [0.15, 0.2) is 24.3 Å². The van der Waals surface area contributed by atoms with Gasteiger partial charge in [-0.05, 0) is 36.6 Å². The maximum atomic E-state index is 8.86. The minimum Gasteiger partial charge on any atom is -0.399 e. The van der Waals surface area contributed by atoms with Crippen LogP contribution in [-0.4, -0.2) is 18.3 Å². The molecule has 3 nitrogen and oxygen atoms in total. The standard InChI is InChI=1S/C12H20N2O/c1-2-10(7-8-15)9-14-12-5-3-11(13)4-6-12/h3-6,10,14-15H,2,7-9,13H2,1H3. The van der Waals surface area contributed by atoms with Crippen LogP contribution in [0.25, 0.3) is 0 Å². The van der Waals surface area contributed by atoms with E-state index >= 15 is 0 Å². The lowest BCUT2D eigenvalue weighted by atomic mass is 10.0. The van der Waals surface area contributed by atoms with Gasteiger partial charge < -0.3 is 16.2 Å². The molecule has 0 heterocycles. The molecule has 1 aromatic carbocycles. The fraction of sp³-hybridized carbons (Fsp3) is 0.500. The molecule has 0 aromatic heterocycles. The molecule has 0 aliphatic carbocycles. The maximum absolute atomic E-state index is 8.86. The molecule has 0 saturated heterocycles. The second-order valence-corrected chi connectivity index (χ2v) is 3.79. The van der Waals surface area contributed by atoms with Crippen LogP contribution < -0.4 is 11.1 Å². The summed E-state index contributed by atoms with van der Waals surface area (Å²) in [4.78, 5) is 0. The summed E-state index contributed by atoms with van der Waals surface area (Å²) in [6, 6.07) is 7.71. The monoisotopic (exact) mass is 208 g/mol. The molecule has 0 spiro atoms. The highest BCUT2D eigenvalue weighted by Crippen LogP contribution is 2.13. The van der Waals surface area contributed by atoms with E-state index in [0.29, 0.717) is 5.92 Å². The zero-order valence-electron chi connectivity index (χ0n) is 9.24. The van der Waals surface area contributed by atoms with Crippen molar-refractivity contribution in [2.75, 3.05) is 24.2 Å². The fourth-order valence-electron chi connectivity index (χ4n) is 1.50. The summed E-state index contributed by atoms with van der Waals surface area (Å²) >= 11 is 0. The molecule has 0 radical (unpaired) electrons. The van der Waals surface area contributed by atoms with Crippen molar-refractivity contribution in [2.45, 2.75) is 19.8 Å². The summed E-state index contributed by atoms with van der Waals surface area (Å²) in [5.74, 6) is 0.535. The fourth-order valence-corrected chi connectivity index (χ4v) is 1.50. The highest BCUT2D eigenvalue weighted by Gasteiger charge is 2.04. The number of hydrogen-bond donors (Lipinski definition) is 3. The topological polar surface area (TPSA) is 58.3 Å². The molecule has 15 heavy (non-hydrogen) atoms. The summed E-state index contributed by atoms with van der Waals surface area (Å²) in [6.07, 6.45) is 1.95. The van der Waals surface area contributed by atoms with E-state index in [0.717, 1.165) is 30.8 Å². The number of benzene rings is 1. The lowest BCUT2D eigenvalue weighted by molar-refractivity contribution is 0.258. The van der Waals surface area contributed by atoms with Gasteiger partial charge in [-0.25, -0.2) is 0 Å². The van der Waals surface area contributed by atoms with Gasteiger partial charge in [0.05, 0.1) is 0 Å². The Morgan fingerprint density at radius 3 is 2.53 bits per heavy atom. The van der Waals surface area contributed by atoms with Crippen molar-refractivity contribution >= 4 is 11.4 Å². The Hall–Kier alpha value is -1.22. The van der Waals surface area contributed by atoms with Gasteiger partial charge in [0.1, 0.15) is 0 Å². The molecule has 84 valence electrons. The van der Waals surface area contributed by atoms with Crippen LogP contribution >= 0.6 is 0 Å². The second-order valence-electron chi connectivity index (χ2n) is 3.79. The van der Waals surface area contributed by atoms with Crippen molar-refractivity contribution in [3.05, 3.63) is 24.3 Å². The normalized spacial score (nSPS) is 12.4. The zero-order valence-corrected chi connectivity index (χ0v) is 9.24. The number of aliphatic hydroxyl groups is 1. The molecule has 0 fully saturated rings. The van der Waals surface area contributed by atoms with Crippen molar-refractivity contribution in [1.29, 1.82) is 0 Å². The first-order valence-electron chi connectivity index (χ1n) is 5.46. The number of hydrogen-bond acceptors (Lipinski definition) is 3. The van der Waals surface area contributed by atoms with Gasteiger partial charge >= 0.3 is 0 Å². The molecule has 3 heteroatoms. The molecule has 1 rings (SSSR count). The van der Waals surface area contributed by atoms with Crippen LogP contribution in [0, 0.1) is 5.92 Å². The molecule has 0 bridgehead atoms. The van der Waals surface area contributed by atoms with E-state index in [1.807, 2.05) is 24.3 Å². The van der Waals surface area contributed by atoms with Crippen molar-refractivity contribution in [1.82, 2.24) is 0 Å². The largest absolute Gasteiger partial charge is 0.399 e. The van der Waals surface area contributed by atoms with Gasteiger partial charge in [0, 0.05) is 24.5 Å². The molecule has 1 atom stereocenters. The van der Waals surface area contributed by atoms with Crippen LogP contribution in [0.3, 0.4) is 0 Å². The lowest BCUT2D eigenvalue weighted by Crippen LogP contribution is -2.14. The third-order valence-corrected chi connectivity index (χ3v) is 2.62. The molecule has 0 amide bonds. The Labute approximate surface area is 91.3 Å². The minimum atomic E-state index is 0.266. The Balaban J connectivity index is 2.38. The van der Waals surface area contributed by atoms with Gasteiger partial charge in [-0.3, -0.25) is 0 Å². The molecule has 1 aromatic rings. The Bertz CT molecular complexity index is 271. The molecular formula is C12H20N2O. The van der Waals surface area contributed by atoms with Crippen molar-refractivity contribution in [3.8, 4) is 0 Å². The van der Waals surface area contributed by atoms with Crippen LogP contribution in [0.1, 0.15) is 19.8 Å². The molecule has 4 N–H and O–H groups in total. The molecule has 0 aliphatic heterocycles. The summed E-state index contributed by atoms with van der Waals surface area (Å²) in [5, 5.41) is 12.2. The highest BCUT2D eigenvalue weighted by molar-refractivity contribution is 5.51. The molecule has 0 aliphatic rings. The number of rotatable bonds is 6. The SMILES string of the molecule is CCC(CCO)CNc1ccc(N)cc1. The van der Waals surface area contributed by atoms with Crippen LogP contribution in [0.5, 0.6) is 0 Å². The lowest BCUT2D eigenvalue weighted by Gasteiger charge is -2.15. The summed E-state index contributed by atoms with van der Waals surface area (Å²) in [6.45, 7) is 3.31. The molecular weight excluding hydrogens is 188 g/mol. The second kappa shape index (κ2) is 6.30. The smallest absolute Gasteiger partial charge is 0.0434 e. The van der Waals surface area contributed by atoms with E-state index in [2.05, 4.69) is 12.2 Å². The number of anilines is 2. The van der Waals surface area contributed by atoms with E-state index in [1.165, 1.54) is 0 Å². The quantitative estimate of drug-likeness (QED) is 0.627. The van der Waals surface area contributed by atoms with Crippen molar-refractivity contribution < 1.29 is 5.11 Å². The van der Waals surface area contributed by atoms with E-state index < -0.39 is 0 Å². The molecule has 0 saturated carbocycles. The Morgan fingerprint density at radius 2 is 2.00 bits per heavy atom. The predicted molar refractivity (Wildman–Crippen MR) is 64.8 cm³/mol. The van der Waals surface area contributed by atoms with E-state index in [9.17, 15) is 0 Å². The minimum absolute atomic E-state index is 0.266. The highest BCUT2D eigenvalue weighted by atomic mass is 16.3. The van der Waals surface area contributed by atoms with Crippen molar-refractivity contribution in [3.63, 3.8) is 0 Å². The van der Waals surface area contributed by atoms with Crippen molar-refractivity contribution in [2.24, 2.45) is 5.92 Å². The summed E-state index contributed by atoms with van der Waals surface area (Å²) in [5.41, 5.74) is 7.46. The van der Waals surface area contributed by atoms with E-state index in [1.54, 1.807) is 0 Å². The molecule has 1 unspecified atom stereocenters. The van der Waals surface area contributed by atoms with Gasteiger partial charge in [-0.2, -0.15) is 0 Å². The van der Waals surface area contributed by atoms with Gasteiger partial charge in [0.15, 0.2) is 0 Å². The van der Waals surface area contributed by atoms with E-state index in [4.69, 9.17) is 10.8 Å². The number of nitrogens with one attached hydrogen (secondary N) is 1. The van der Waals surface area contributed by atoms with Gasteiger partial charge in [-0.1, -0.05) is 13.3 Å². The third-order valence-electron chi connectivity index (χ3n) is 2.62. The van der Waals surface area contributed by atoms with Crippen LogP contribution in [-0.2, 0) is 0 Å². The van der Waals surface area contributed by atoms with Crippen LogP contribution in [0.2, 0.25) is 0 Å². The predicted octanol–water partition coefficient (Wildman–Crippen LogP) is 2.09. The number of nitrogens with two attached hydrogens (primary N) is 1. The maximum Gasteiger partial charge on any atom is 0.0434 e. The number of nitrogen functional groups attached to an aromatic ring is 1. The first-order chi connectivity index (χ1) is 7.26. The Kier molecular flexibility index (Phi) is 4.98. The third kappa shape index (κ3) is 4.21. The summed E-state index contributed by atoms with van der Waals surface area (Å²) < 4.78 is 0. The van der Waals surface area contributed by atoms with Gasteiger partial charge in [-0.15, -0.1) is 0 Å². The van der Waals surface area contributed by atoms with Gasteiger partial charge in [0.25, 0.3) is 0 Å². The van der Waals surface area contributed by atoms with Gasteiger partial charge in [0.2, 0.25) is 0 Å². The first-order valence-corrected chi connectivity index (χ1v) is 5.46. The van der Waals surface area contributed by atoms with E-state index in [-0.39, 0.29) is 6.61 Å².